The van der Waals surface area contributed by atoms with Crippen molar-refractivity contribution in [3.63, 3.8) is 0 Å². The molecule has 3 aromatic carbocycles. The van der Waals surface area contributed by atoms with E-state index < -0.39 is 0 Å². The van der Waals surface area contributed by atoms with Crippen molar-refractivity contribution in [2.75, 3.05) is 16.8 Å². The van der Waals surface area contributed by atoms with E-state index in [9.17, 15) is 9.59 Å². The molecule has 0 saturated carbocycles. The Hall–Kier alpha value is -3.60. The van der Waals surface area contributed by atoms with E-state index >= 15 is 0 Å². The van der Waals surface area contributed by atoms with Crippen LogP contribution in [0.1, 0.15) is 23.1 Å². The molecule has 1 aliphatic heterocycles. The number of aryl methyl sites for hydroxylation is 3. The number of carbonyl (C=O) groups excluding carboxylic acids is 2. The van der Waals surface area contributed by atoms with Crippen LogP contribution in [-0.2, 0) is 9.59 Å². The zero-order valence-electron chi connectivity index (χ0n) is 18.0. The van der Waals surface area contributed by atoms with Crippen molar-refractivity contribution < 1.29 is 14.3 Å². The first-order valence-corrected chi connectivity index (χ1v) is 10.4. The maximum absolute atomic E-state index is 12.8. The number of nitrogens with one attached hydrogen (secondary N) is 1. The molecule has 1 N–H and O–H groups in total. The van der Waals surface area contributed by atoms with Crippen LogP contribution in [-0.4, -0.2) is 18.4 Å². The lowest BCUT2D eigenvalue weighted by atomic mass is 10.1. The Balaban J connectivity index is 1.39. The topological polar surface area (TPSA) is 58.6 Å². The molecule has 0 aromatic heterocycles. The molecule has 0 spiro atoms. The summed E-state index contributed by atoms with van der Waals surface area (Å²) in [5.41, 5.74) is 4.79. The van der Waals surface area contributed by atoms with E-state index in [-0.39, 0.29) is 24.2 Å². The molecule has 4 rings (SSSR count). The number of carbonyl (C=O) groups is 2. The van der Waals surface area contributed by atoms with Gasteiger partial charge in [-0.3, -0.25) is 9.59 Å². The Bertz CT molecular complexity index is 1100. The van der Waals surface area contributed by atoms with Gasteiger partial charge in [-0.15, -0.1) is 0 Å². The zero-order valence-corrected chi connectivity index (χ0v) is 18.0. The molecule has 0 unspecified atom stereocenters. The standard InChI is InChI=1S/C26H26N2O3/c1-17-12-18(2)14-22(13-17)28-16-20(15-25(28)29)26(30)27-21-8-10-23(11-9-21)31-24-7-5-4-6-19(24)3/h4-14,20H,15-16H2,1-3H3,(H,27,30)/t20-/m0/s1. The fraction of sp³-hybridized carbons (Fsp3) is 0.231. The van der Waals surface area contributed by atoms with Crippen LogP contribution in [0.2, 0.25) is 0 Å². The molecule has 5 nitrogen and oxygen atoms in total. The number of benzene rings is 3. The van der Waals surface area contributed by atoms with E-state index in [0.717, 1.165) is 28.1 Å². The van der Waals surface area contributed by atoms with Gasteiger partial charge in [0.15, 0.2) is 0 Å². The first kappa shape index (κ1) is 20.7. The van der Waals surface area contributed by atoms with Crippen molar-refractivity contribution in [2.45, 2.75) is 27.2 Å². The smallest absolute Gasteiger partial charge is 0.229 e. The van der Waals surface area contributed by atoms with Crippen molar-refractivity contribution in [2.24, 2.45) is 5.92 Å². The van der Waals surface area contributed by atoms with Crippen LogP contribution < -0.4 is 15.0 Å². The molecule has 1 fully saturated rings. The third-order valence-electron chi connectivity index (χ3n) is 5.46. The van der Waals surface area contributed by atoms with Gasteiger partial charge >= 0.3 is 0 Å². The summed E-state index contributed by atoms with van der Waals surface area (Å²) in [6.45, 7) is 6.40. The minimum absolute atomic E-state index is 0.0212. The monoisotopic (exact) mass is 414 g/mol. The summed E-state index contributed by atoms with van der Waals surface area (Å²) in [4.78, 5) is 27.0. The third kappa shape index (κ3) is 4.77. The van der Waals surface area contributed by atoms with E-state index in [4.69, 9.17) is 4.74 Å². The Labute approximate surface area is 182 Å². The molecule has 1 atom stereocenters. The first-order valence-electron chi connectivity index (χ1n) is 10.4. The van der Waals surface area contributed by atoms with Gasteiger partial charge in [0.25, 0.3) is 0 Å². The SMILES string of the molecule is Cc1cc(C)cc(N2C[C@@H](C(=O)Nc3ccc(Oc4ccccc4C)cc3)CC2=O)c1. The van der Waals surface area contributed by atoms with Crippen molar-refractivity contribution in [1.82, 2.24) is 0 Å². The number of para-hydroxylation sites is 1. The second-order valence-corrected chi connectivity index (χ2v) is 8.13. The van der Waals surface area contributed by atoms with Gasteiger partial charge in [0.2, 0.25) is 11.8 Å². The normalized spacial score (nSPS) is 15.8. The maximum Gasteiger partial charge on any atom is 0.229 e. The quantitative estimate of drug-likeness (QED) is 0.608. The molecule has 158 valence electrons. The third-order valence-corrected chi connectivity index (χ3v) is 5.46. The number of hydrogen-bond acceptors (Lipinski definition) is 3. The number of nitrogens with zero attached hydrogens (tertiary/aromatic N) is 1. The molecule has 31 heavy (non-hydrogen) atoms. The lowest BCUT2D eigenvalue weighted by Gasteiger charge is -2.18. The van der Waals surface area contributed by atoms with Gasteiger partial charge < -0.3 is 15.0 Å². The number of hydrogen-bond donors (Lipinski definition) is 1. The summed E-state index contributed by atoms with van der Waals surface area (Å²) in [7, 11) is 0. The van der Waals surface area contributed by atoms with E-state index in [1.807, 2.05) is 81.4 Å². The number of rotatable bonds is 5. The molecule has 0 bridgehead atoms. The highest BCUT2D eigenvalue weighted by Gasteiger charge is 2.35. The fourth-order valence-corrected chi connectivity index (χ4v) is 3.89. The van der Waals surface area contributed by atoms with Crippen molar-refractivity contribution >= 4 is 23.2 Å². The lowest BCUT2D eigenvalue weighted by molar-refractivity contribution is -0.122. The first-order chi connectivity index (χ1) is 14.9. The average molecular weight is 415 g/mol. The summed E-state index contributed by atoms with van der Waals surface area (Å²) in [6.07, 6.45) is 0.216. The van der Waals surface area contributed by atoms with Crippen LogP contribution in [0, 0.1) is 26.7 Å². The fourth-order valence-electron chi connectivity index (χ4n) is 3.89. The Morgan fingerprint density at radius 1 is 0.968 bits per heavy atom. The molecule has 3 aromatic rings. The molecule has 0 radical (unpaired) electrons. The molecular weight excluding hydrogens is 388 g/mol. The summed E-state index contributed by atoms with van der Waals surface area (Å²) in [5, 5.41) is 2.93. The summed E-state index contributed by atoms with van der Waals surface area (Å²) in [6, 6.07) is 21.1. The number of amides is 2. The zero-order chi connectivity index (χ0) is 22.0. The van der Waals surface area contributed by atoms with Gasteiger partial charge in [0.1, 0.15) is 11.5 Å². The summed E-state index contributed by atoms with van der Waals surface area (Å²) in [5.74, 6) is 0.954. The van der Waals surface area contributed by atoms with Crippen LogP contribution in [0.25, 0.3) is 0 Å². The minimum atomic E-state index is -0.379. The minimum Gasteiger partial charge on any atom is -0.457 e. The van der Waals surface area contributed by atoms with Crippen LogP contribution in [0.4, 0.5) is 11.4 Å². The Morgan fingerprint density at radius 3 is 2.32 bits per heavy atom. The number of ether oxygens (including phenoxy) is 1. The molecular formula is C26H26N2O3. The van der Waals surface area contributed by atoms with Crippen LogP contribution in [0.5, 0.6) is 11.5 Å². The van der Waals surface area contributed by atoms with Gasteiger partial charge in [-0.25, -0.2) is 0 Å². The van der Waals surface area contributed by atoms with Crippen LogP contribution in [0.15, 0.2) is 66.7 Å². The molecule has 2 amide bonds. The van der Waals surface area contributed by atoms with Gasteiger partial charge in [-0.05, 0) is 79.9 Å². The largest absolute Gasteiger partial charge is 0.457 e. The molecule has 1 aliphatic rings. The van der Waals surface area contributed by atoms with E-state index in [0.29, 0.717) is 18.0 Å². The van der Waals surface area contributed by atoms with E-state index in [1.165, 1.54) is 0 Å². The molecule has 5 heteroatoms. The average Bonchev–Trinajstić information content (AvgIpc) is 3.12. The maximum atomic E-state index is 12.8. The van der Waals surface area contributed by atoms with Gasteiger partial charge in [0.05, 0.1) is 5.92 Å². The highest BCUT2D eigenvalue weighted by molar-refractivity contribution is 6.03. The lowest BCUT2D eigenvalue weighted by Crippen LogP contribution is -2.28. The Morgan fingerprint density at radius 2 is 1.65 bits per heavy atom. The van der Waals surface area contributed by atoms with Crippen LogP contribution in [0.3, 0.4) is 0 Å². The van der Waals surface area contributed by atoms with E-state index in [2.05, 4.69) is 11.4 Å². The van der Waals surface area contributed by atoms with Crippen molar-refractivity contribution in [1.29, 1.82) is 0 Å². The summed E-state index contributed by atoms with van der Waals surface area (Å²) >= 11 is 0. The van der Waals surface area contributed by atoms with Crippen LogP contribution >= 0.6 is 0 Å². The van der Waals surface area contributed by atoms with Gasteiger partial charge in [-0.1, -0.05) is 24.3 Å². The second-order valence-electron chi connectivity index (χ2n) is 8.13. The predicted molar refractivity (Wildman–Crippen MR) is 123 cm³/mol. The van der Waals surface area contributed by atoms with Gasteiger partial charge in [0, 0.05) is 24.3 Å². The van der Waals surface area contributed by atoms with Crippen molar-refractivity contribution in [3.8, 4) is 11.5 Å². The van der Waals surface area contributed by atoms with E-state index in [1.54, 1.807) is 4.90 Å². The molecule has 1 saturated heterocycles. The molecule has 0 aliphatic carbocycles. The number of anilines is 2. The summed E-state index contributed by atoms with van der Waals surface area (Å²) < 4.78 is 5.90. The molecule has 1 heterocycles. The van der Waals surface area contributed by atoms with Gasteiger partial charge in [-0.2, -0.15) is 0 Å². The van der Waals surface area contributed by atoms with Crippen molar-refractivity contribution in [3.05, 3.63) is 83.4 Å². The Kier molecular flexibility index (Phi) is 5.76. The highest BCUT2D eigenvalue weighted by atomic mass is 16.5. The second kappa shape index (κ2) is 8.64. The highest BCUT2D eigenvalue weighted by Crippen LogP contribution is 2.29. The predicted octanol–water partition coefficient (Wildman–Crippen LogP) is 5.40.